The van der Waals surface area contributed by atoms with E-state index >= 15 is 0 Å². The summed E-state index contributed by atoms with van der Waals surface area (Å²) in [5.74, 6) is 0.130. The summed E-state index contributed by atoms with van der Waals surface area (Å²) in [5, 5.41) is 8.95. The Hall–Kier alpha value is -1.72. The summed E-state index contributed by atoms with van der Waals surface area (Å²) in [6.07, 6.45) is 3.93. The monoisotopic (exact) mass is 330 g/mol. The zero-order chi connectivity index (χ0) is 16.9. The van der Waals surface area contributed by atoms with E-state index < -0.39 is 0 Å². The van der Waals surface area contributed by atoms with Crippen LogP contribution in [-0.4, -0.2) is 65.9 Å². The van der Waals surface area contributed by atoms with Crippen LogP contribution in [0.1, 0.15) is 40.7 Å². The SMILES string of the molecule is O=C(CCC(=O)N1CCN(CCO)CC1)c1ccc2c(c1)CCC2. The molecular formula is C19H26N2O3. The lowest BCUT2D eigenvalue weighted by atomic mass is 10.0. The van der Waals surface area contributed by atoms with Crippen LogP contribution in [0.2, 0.25) is 0 Å². The van der Waals surface area contributed by atoms with Crippen LogP contribution >= 0.6 is 0 Å². The molecule has 1 heterocycles. The molecule has 1 aliphatic heterocycles. The van der Waals surface area contributed by atoms with Gasteiger partial charge in [0.25, 0.3) is 0 Å². The molecule has 0 spiro atoms. The van der Waals surface area contributed by atoms with E-state index in [-0.39, 0.29) is 31.1 Å². The van der Waals surface area contributed by atoms with Crippen LogP contribution in [0.25, 0.3) is 0 Å². The third-order valence-corrected chi connectivity index (χ3v) is 5.13. The van der Waals surface area contributed by atoms with Gasteiger partial charge in [-0.15, -0.1) is 0 Å². The van der Waals surface area contributed by atoms with Crippen molar-refractivity contribution in [2.75, 3.05) is 39.3 Å². The lowest BCUT2D eigenvalue weighted by molar-refractivity contribution is -0.132. The summed E-state index contributed by atoms with van der Waals surface area (Å²) in [6.45, 7) is 3.79. The quantitative estimate of drug-likeness (QED) is 0.798. The van der Waals surface area contributed by atoms with Gasteiger partial charge in [0.15, 0.2) is 5.78 Å². The van der Waals surface area contributed by atoms with E-state index in [0.717, 1.165) is 31.5 Å². The number of amides is 1. The van der Waals surface area contributed by atoms with Gasteiger partial charge in [0.2, 0.25) is 5.91 Å². The highest BCUT2D eigenvalue weighted by atomic mass is 16.3. The number of β-amino-alcohol motifs (C(OH)–C–C–N with tert-alkyl or cyclic N) is 1. The second kappa shape index (κ2) is 7.90. The Balaban J connectivity index is 1.47. The molecule has 0 saturated carbocycles. The Morgan fingerprint density at radius 2 is 1.75 bits per heavy atom. The number of carbonyl (C=O) groups excluding carboxylic acids is 2. The maximum Gasteiger partial charge on any atom is 0.223 e. The Labute approximate surface area is 143 Å². The van der Waals surface area contributed by atoms with Crippen molar-refractivity contribution in [3.05, 3.63) is 34.9 Å². The molecule has 0 bridgehead atoms. The topological polar surface area (TPSA) is 60.9 Å². The summed E-state index contributed by atoms with van der Waals surface area (Å²) in [6, 6.07) is 5.99. The molecule has 5 heteroatoms. The Kier molecular flexibility index (Phi) is 5.63. The van der Waals surface area contributed by atoms with E-state index in [1.54, 1.807) is 0 Å². The number of aryl methyl sites for hydroxylation is 2. The van der Waals surface area contributed by atoms with Crippen molar-refractivity contribution >= 4 is 11.7 Å². The number of piperazine rings is 1. The van der Waals surface area contributed by atoms with Gasteiger partial charge in [-0.1, -0.05) is 12.1 Å². The van der Waals surface area contributed by atoms with Gasteiger partial charge in [-0.05, 0) is 36.5 Å². The summed E-state index contributed by atoms with van der Waals surface area (Å²) >= 11 is 0. The maximum atomic E-state index is 12.4. The van der Waals surface area contributed by atoms with Crippen molar-refractivity contribution in [1.82, 2.24) is 9.80 Å². The van der Waals surface area contributed by atoms with E-state index in [2.05, 4.69) is 11.0 Å². The first-order valence-electron chi connectivity index (χ1n) is 8.93. The molecule has 1 aromatic carbocycles. The number of rotatable bonds is 6. The van der Waals surface area contributed by atoms with Crippen molar-refractivity contribution < 1.29 is 14.7 Å². The average molecular weight is 330 g/mol. The number of fused-ring (bicyclic) bond motifs is 1. The lowest BCUT2D eigenvalue weighted by Crippen LogP contribution is -2.49. The van der Waals surface area contributed by atoms with Crippen LogP contribution in [0.15, 0.2) is 18.2 Å². The summed E-state index contributed by atoms with van der Waals surface area (Å²) in [4.78, 5) is 28.6. The normalized spacial score (nSPS) is 17.8. The highest BCUT2D eigenvalue weighted by molar-refractivity contribution is 5.98. The van der Waals surface area contributed by atoms with Gasteiger partial charge in [0.05, 0.1) is 6.61 Å². The molecule has 0 unspecified atom stereocenters. The van der Waals surface area contributed by atoms with Crippen LogP contribution in [0.4, 0.5) is 0 Å². The summed E-state index contributed by atoms with van der Waals surface area (Å²) in [7, 11) is 0. The molecule has 1 fully saturated rings. The molecule has 130 valence electrons. The van der Waals surface area contributed by atoms with Gasteiger partial charge >= 0.3 is 0 Å². The van der Waals surface area contributed by atoms with Crippen molar-refractivity contribution in [2.45, 2.75) is 32.1 Å². The first-order valence-corrected chi connectivity index (χ1v) is 8.93. The first kappa shape index (κ1) is 17.1. The van der Waals surface area contributed by atoms with Crippen LogP contribution in [0.3, 0.4) is 0 Å². The molecule has 1 amide bonds. The predicted molar refractivity (Wildman–Crippen MR) is 92.1 cm³/mol. The Bertz CT molecular complexity index is 607. The molecule has 5 nitrogen and oxygen atoms in total. The molecule has 1 saturated heterocycles. The van der Waals surface area contributed by atoms with Crippen LogP contribution in [0.5, 0.6) is 0 Å². The minimum absolute atomic E-state index is 0.0631. The molecular weight excluding hydrogens is 304 g/mol. The van der Waals surface area contributed by atoms with E-state index in [0.29, 0.717) is 19.6 Å². The second-order valence-corrected chi connectivity index (χ2v) is 6.71. The molecule has 1 N–H and O–H groups in total. The first-order chi connectivity index (χ1) is 11.7. The largest absolute Gasteiger partial charge is 0.395 e. The van der Waals surface area contributed by atoms with Gasteiger partial charge in [-0.3, -0.25) is 14.5 Å². The zero-order valence-electron chi connectivity index (χ0n) is 14.2. The van der Waals surface area contributed by atoms with Crippen LogP contribution in [0, 0.1) is 0 Å². The minimum Gasteiger partial charge on any atom is -0.395 e. The predicted octanol–water partition coefficient (Wildman–Crippen LogP) is 1.27. The third-order valence-electron chi connectivity index (χ3n) is 5.13. The smallest absolute Gasteiger partial charge is 0.223 e. The van der Waals surface area contributed by atoms with Gasteiger partial charge in [-0.2, -0.15) is 0 Å². The number of aliphatic hydroxyl groups is 1. The molecule has 0 atom stereocenters. The lowest BCUT2D eigenvalue weighted by Gasteiger charge is -2.34. The molecule has 0 radical (unpaired) electrons. The molecule has 0 aromatic heterocycles. The number of benzene rings is 1. The van der Waals surface area contributed by atoms with Crippen LogP contribution < -0.4 is 0 Å². The van der Waals surface area contributed by atoms with E-state index in [9.17, 15) is 9.59 Å². The Morgan fingerprint density at radius 3 is 2.50 bits per heavy atom. The molecule has 1 aliphatic carbocycles. The molecule has 1 aromatic rings. The van der Waals surface area contributed by atoms with Gasteiger partial charge < -0.3 is 10.0 Å². The van der Waals surface area contributed by atoms with Crippen molar-refractivity contribution in [1.29, 1.82) is 0 Å². The highest BCUT2D eigenvalue weighted by Crippen LogP contribution is 2.23. The van der Waals surface area contributed by atoms with Crippen molar-refractivity contribution in [2.24, 2.45) is 0 Å². The van der Waals surface area contributed by atoms with Gasteiger partial charge in [-0.25, -0.2) is 0 Å². The third kappa shape index (κ3) is 4.02. The Morgan fingerprint density at radius 1 is 1.00 bits per heavy atom. The van der Waals surface area contributed by atoms with Crippen molar-refractivity contribution in [3.63, 3.8) is 0 Å². The average Bonchev–Trinajstić information content (AvgIpc) is 3.08. The second-order valence-electron chi connectivity index (χ2n) is 6.71. The number of ketones is 1. The molecule has 24 heavy (non-hydrogen) atoms. The molecule has 3 rings (SSSR count). The number of aliphatic hydroxyl groups excluding tert-OH is 1. The number of hydrogen-bond donors (Lipinski definition) is 1. The van der Waals surface area contributed by atoms with Gasteiger partial charge in [0.1, 0.15) is 0 Å². The fraction of sp³-hybridized carbons (Fsp3) is 0.579. The zero-order valence-corrected chi connectivity index (χ0v) is 14.2. The number of hydrogen-bond acceptors (Lipinski definition) is 4. The van der Waals surface area contributed by atoms with Crippen molar-refractivity contribution in [3.8, 4) is 0 Å². The minimum atomic E-state index is 0.0631. The fourth-order valence-corrected chi connectivity index (χ4v) is 3.63. The summed E-state index contributed by atoms with van der Waals surface area (Å²) in [5.41, 5.74) is 3.41. The number of carbonyl (C=O) groups is 2. The van der Waals surface area contributed by atoms with Crippen LogP contribution in [-0.2, 0) is 17.6 Å². The number of nitrogens with zero attached hydrogens (tertiary/aromatic N) is 2. The number of Topliss-reactive ketones (excluding diaryl/α,β-unsaturated/α-hetero) is 1. The maximum absolute atomic E-state index is 12.4. The highest BCUT2D eigenvalue weighted by Gasteiger charge is 2.21. The fourth-order valence-electron chi connectivity index (χ4n) is 3.63. The molecule has 2 aliphatic rings. The standard InChI is InChI=1S/C19H26N2O3/c22-13-12-20-8-10-21(11-9-20)19(24)7-6-18(23)17-5-4-15-2-1-3-16(15)14-17/h4-5,14,22H,1-3,6-13H2. The summed E-state index contributed by atoms with van der Waals surface area (Å²) < 4.78 is 0. The van der Waals surface area contributed by atoms with E-state index in [1.165, 1.54) is 17.5 Å². The van der Waals surface area contributed by atoms with Gasteiger partial charge in [0, 0.05) is 51.1 Å². The van der Waals surface area contributed by atoms with E-state index in [4.69, 9.17) is 5.11 Å². The van der Waals surface area contributed by atoms with E-state index in [1.807, 2.05) is 17.0 Å².